The number of rotatable bonds is 3. The second kappa shape index (κ2) is 6.69. The van der Waals surface area contributed by atoms with E-state index in [0.29, 0.717) is 15.7 Å². The molecule has 4 nitrogen and oxygen atoms in total. The molecular weight excluding hydrogens is 304 g/mol. The lowest BCUT2D eigenvalue weighted by Gasteiger charge is -2.13. The Kier molecular flexibility index (Phi) is 4.93. The molecule has 2 rings (SSSR count). The number of aryl methyl sites for hydroxylation is 1. The first kappa shape index (κ1) is 15.5. The second-order valence-electron chi connectivity index (χ2n) is 4.48. The maximum atomic E-state index is 11.6. The van der Waals surface area contributed by atoms with Gasteiger partial charge in [-0.15, -0.1) is 11.3 Å². The van der Waals surface area contributed by atoms with E-state index in [9.17, 15) is 4.79 Å². The molecule has 110 valence electrons. The molecule has 0 saturated heterocycles. The van der Waals surface area contributed by atoms with Crippen LogP contribution in [0.25, 0.3) is 0 Å². The molecule has 0 aliphatic carbocycles. The summed E-state index contributed by atoms with van der Waals surface area (Å²) in [6, 6.07) is 7.78. The zero-order valence-electron chi connectivity index (χ0n) is 12.0. The Hall–Kier alpha value is -1.92. The molecule has 0 amide bonds. The molecule has 0 spiro atoms. The Balaban J connectivity index is 2.11. The molecule has 0 aliphatic rings. The van der Waals surface area contributed by atoms with Crippen LogP contribution in [0.5, 0.6) is 0 Å². The number of carbonyl (C=O) groups is 1. The van der Waals surface area contributed by atoms with Gasteiger partial charge in [0.15, 0.2) is 5.11 Å². The third-order valence-corrected chi connectivity index (χ3v) is 4.24. The number of esters is 1. The third-order valence-electron chi connectivity index (χ3n) is 3.14. The van der Waals surface area contributed by atoms with E-state index in [2.05, 4.69) is 10.6 Å². The van der Waals surface area contributed by atoms with Gasteiger partial charge in [0.05, 0.1) is 12.8 Å². The molecule has 6 heteroatoms. The summed E-state index contributed by atoms with van der Waals surface area (Å²) in [5.41, 5.74) is 3.92. The molecule has 0 aliphatic heterocycles. The van der Waals surface area contributed by atoms with Crippen LogP contribution in [0.4, 0.5) is 11.4 Å². The zero-order chi connectivity index (χ0) is 15.4. The first-order valence-corrected chi connectivity index (χ1v) is 7.61. The summed E-state index contributed by atoms with van der Waals surface area (Å²) in [6.45, 7) is 4.08. The van der Waals surface area contributed by atoms with Crippen LogP contribution in [0.15, 0.2) is 29.6 Å². The number of thiophene rings is 1. The smallest absolute Gasteiger partial charge is 0.350 e. The van der Waals surface area contributed by atoms with E-state index in [1.807, 2.05) is 37.4 Å². The molecule has 0 atom stereocenters. The molecule has 0 radical (unpaired) electrons. The summed E-state index contributed by atoms with van der Waals surface area (Å²) < 4.78 is 4.74. The zero-order valence-corrected chi connectivity index (χ0v) is 13.7. The maximum absolute atomic E-state index is 11.6. The van der Waals surface area contributed by atoms with E-state index in [1.54, 1.807) is 6.07 Å². The number of hydrogen-bond acceptors (Lipinski definition) is 4. The summed E-state index contributed by atoms with van der Waals surface area (Å²) in [5.74, 6) is -0.373. The van der Waals surface area contributed by atoms with Crippen molar-refractivity contribution in [2.24, 2.45) is 0 Å². The van der Waals surface area contributed by atoms with Crippen molar-refractivity contribution in [3.8, 4) is 0 Å². The van der Waals surface area contributed by atoms with Crippen molar-refractivity contribution < 1.29 is 9.53 Å². The molecule has 2 N–H and O–H groups in total. The fourth-order valence-electron chi connectivity index (χ4n) is 1.82. The Bertz CT molecular complexity index is 680. The molecule has 0 bridgehead atoms. The van der Waals surface area contributed by atoms with E-state index < -0.39 is 0 Å². The Labute approximate surface area is 133 Å². The van der Waals surface area contributed by atoms with Gasteiger partial charge in [0.25, 0.3) is 0 Å². The number of nitrogens with one attached hydrogen (secondary N) is 2. The van der Waals surface area contributed by atoms with E-state index >= 15 is 0 Å². The van der Waals surface area contributed by atoms with Gasteiger partial charge in [-0.25, -0.2) is 4.79 Å². The van der Waals surface area contributed by atoms with Gasteiger partial charge in [-0.05, 0) is 54.7 Å². The number of methoxy groups -OCH3 is 1. The van der Waals surface area contributed by atoms with E-state index in [-0.39, 0.29) is 5.97 Å². The number of thiocarbonyl (C=S) groups is 1. The van der Waals surface area contributed by atoms with Crippen molar-refractivity contribution in [1.82, 2.24) is 0 Å². The van der Waals surface area contributed by atoms with Crippen molar-refractivity contribution >= 4 is 46.0 Å². The van der Waals surface area contributed by atoms with Crippen molar-refractivity contribution in [1.29, 1.82) is 0 Å². The minimum atomic E-state index is -0.373. The highest BCUT2D eigenvalue weighted by molar-refractivity contribution is 7.80. The summed E-state index contributed by atoms with van der Waals surface area (Å²) in [6.07, 6.45) is 0. The lowest BCUT2D eigenvalue weighted by Crippen LogP contribution is -2.20. The van der Waals surface area contributed by atoms with Crippen molar-refractivity contribution in [2.75, 3.05) is 17.7 Å². The predicted octanol–water partition coefficient (Wildman–Crippen LogP) is 3.96. The van der Waals surface area contributed by atoms with Gasteiger partial charge >= 0.3 is 5.97 Å². The van der Waals surface area contributed by atoms with Gasteiger partial charge in [0.1, 0.15) is 4.88 Å². The summed E-state index contributed by atoms with van der Waals surface area (Å²) in [5, 5.41) is 8.43. The van der Waals surface area contributed by atoms with E-state index in [1.165, 1.54) is 24.0 Å². The molecule has 0 saturated carbocycles. The van der Waals surface area contributed by atoms with Crippen LogP contribution in [-0.4, -0.2) is 18.2 Å². The first-order valence-electron chi connectivity index (χ1n) is 6.33. The molecule has 0 unspecified atom stereocenters. The van der Waals surface area contributed by atoms with Gasteiger partial charge in [0, 0.05) is 5.69 Å². The molecule has 1 heterocycles. The van der Waals surface area contributed by atoms with Crippen LogP contribution >= 0.6 is 23.6 Å². The fraction of sp³-hybridized carbons (Fsp3) is 0.200. The van der Waals surface area contributed by atoms with Crippen molar-refractivity contribution in [2.45, 2.75) is 13.8 Å². The van der Waals surface area contributed by atoms with Crippen LogP contribution in [0, 0.1) is 13.8 Å². The van der Waals surface area contributed by atoms with Crippen LogP contribution in [0.2, 0.25) is 0 Å². The molecule has 1 aromatic heterocycles. The summed E-state index contributed by atoms with van der Waals surface area (Å²) in [7, 11) is 1.36. The first-order chi connectivity index (χ1) is 10.0. The highest BCUT2D eigenvalue weighted by Gasteiger charge is 2.14. The van der Waals surface area contributed by atoms with Gasteiger partial charge in [-0.3, -0.25) is 0 Å². The van der Waals surface area contributed by atoms with Gasteiger partial charge < -0.3 is 15.4 Å². The monoisotopic (exact) mass is 320 g/mol. The maximum Gasteiger partial charge on any atom is 0.350 e. The van der Waals surface area contributed by atoms with Gasteiger partial charge in [-0.1, -0.05) is 12.1 Å². The van der Waals surface area contributed by atoms with Crippen LogP contribution in [0.1, 0.15) is 20.8 Å². The van der Waals surface area contributed by atoms with Crippen molar-refractivity contribution in [3.63, 3.8) is 0 Å². The normalized spacial score (nSPS) is 10.0. The highest BCUT2D eigenvalue weighted by Crippen LogP contribution is 2.24. The topological polar surface area (TPSA) is 50.4 Å². The number of anilines is 2. The number of ether oxygens (including phenoxy) is 1. The number of hydrogen-bond donors (Lipinski definition) is 2. The lowest BCUT2D eigenvalue weighted by molar-refractivity contribution is 0.0607. The number of carbonyl (C=O) groups excluding carboxylic acids is 1. The predicted molar refractivity (Wildman–Crippen MR) is 91.4 cm³/mol. The van der Waals surface area contributed by atoms with Crippen molar-refractivity contribution in [3.05, 3.63) is 45.6 Å². The third kappa shape index (κ3) is 3.59. The summed E-state index contributed by atoms with van der Waals surface area (Å²) >= 11 is 6.61. The van der Waals surface area contributed by atoms with E-state index in [0.717, 1.165) is 11.3 Å². The molecule has 21 heavy (non-hydrogen) atoms. The fourth-order valence-corrected chi connectivity index (χ4v) is 2.81. The number of benzene rings is 1. The quantitative estimate of drug-likeness (QED) is 0.662. The molecular formula is C15H16N2O2S2. The van der Waals surface area contributed by atoms with Crippen LogP contribution in [-0.2, 0) is 4.74 Å². The highest BCUT2D eigenvalue weighted by atomic mass is 32.1. The average molecular weight is 320 g/mol. The second-order valence-corrected chi connectivity index (χ2v) is 5.81. The van der Waals surface area contributed by atoms with Gasteiger partial charge in [0.2, 0.25) is 0 Å². The minimum absolute atomic E-state index is 0.373. The molecule has 1 aromatic carbocycles. The molecule has 0 fully saturated rings. The summed E-state index contributed by atoms with van der Waals surface area (Å²) in [4.78, 5) is 12.1. The largest absolute Gasteiger partial charge is 0.465 e. The lowest BCUT2D eigenvalue weighted by atomic mass is 10.1. The van der Waals surface area contributed by atoms with Crippen LogP contribution in [0.3, 0.4) is 0 Å². The average Bonchev–Trinajstić information content (AvgIpc) is 2.91. The van der Waals surface area contributed by atoms with E-state index in [4.69, 9.17) is 17.0 Å². The SMILES string of the molecule is COC(=O)c1sccc1NC(=S)Nc1cccc(C)c1C. The standard InChI is InChI=1S/C15H16N2O2S2/c1-9-5-4-6-11(10(9)2)16-15(20)17-12-7-8-21-13(12)14(18)19-3/h4-8H,1-3H3,(H2,16,17,20). The Morgan fingerprint density at radius 1 is 1.19 bits per heavy atom. The Morgan fingerprint density at radius 2 is 1.90 bits per heavy atom. The van der Waals surface area contributed by atoms with Crippen LogP contribution < -0.4 is 10.6 Å². The molecule has 2 aromatic rings. The van der Waals surface area contributed by atoms with Gasteiger partial charge in [-0.2, -0.15) is 0 Å². The minimum Gasteiger partial charge on any atom is -0.465 e. The Morgan fingerprint density at radius 3 is 2.62 bits per heavy atom.